The lowest BCUT2D eigenvalue weighted by atomic mass is 10.2. The fourth-order valence-electron chi connectivity index (χ4n) is 2.80. The van der Waals surface area contributed by atoms with Crippen LogP contribution in [0.5, 0.6) is 0 Å². The number of imidazole rings is 1. The van der Waals surface area contributed by atoms with Gasteiger partial charge in [-0.3, -0.25) is 20.0 Å². The lowest BCUT2D eigenvalue weighted by Crippen LogP contribution is -2.54. The number of aliphatic imine (C=N–C) groups is 1. The quantitative estimate of drug-likeness (QED) is 0.662. The first kappa shape index (κ1) is 19.7. The number of benzene rings is 2. The second-order valence-electron chi connectivity index (χ2n) is 6.74. The predicted octanol–water partition coefficient (Wildman–Crippen LogP) is 2.77. The van der Waals surface area contributed by atoms with Crippen LogP contribution in [0.3, 0.4) is 0 Å². The van der Waals surface area contributed by atoms with Gasteiger partial charge in [-0.05, 0) is 43.3 Å². The van der Waals surface area contributed by atoms with E-state index in [1.54, 1.807) is 6.20 Å². The number of hydrazine groups is 1. The number of amidine groups is 1. The number of aryl methyl sites for hydroxylation is 2. The van der Waals surface area contributed by atoms with Gasteiger partial charge in [0.1, 0.15) is 6.54 Å². The van der Waals surface area contributed by atoms with Gasteiger partial charge in [0.2, 0.25) is 5.84 Å². The van der Waals surface area contributed by atoms with Crippen LogP contribution in [-0.4, -0.2) is 33.7 Å². The number of carbonyl (C=O) groups is 2. The van der Waals surface area contributed by atoms with Crippen LogP contribution < -0.4 is 15.8 Å². The fourth-order valence-corrected chi connectivity index (χ4v) is 3.60. The van der Waals surface area contributed by atoms with E-state index in [4.69, 9.17) is 0 Å². The molecular weight excluding hydrogens is 400 g/mol. The summed E-state index contributed by atoms with van der Waals surface area (Å²) in [5.74, 6) is -0.559. The topological polar surface area (TPSA) is 91.6 Å². The molecule has 3 aromatic rings. The Morgan fingerprint density at radius 2 is 1.87 bits per heavy atom. The third-order valence-electron chi connectivity index (χ3n) is 4.45. The second-order valence-corrected chi connectivity index (χ2v) is 7.78. The lowest BCUT2D eigenvalue weighted by molar-refractivity contribution is -0.118. The van der Waals surface area contributed by atoms with Crippen molar-refractivity contribution in [2.75, 3.05) is 16.9 Å². The van der Waals surface area contributed by atoms with Gasteiger partial charge >= 0.3 is 0 Å². The molecule has 1 aromatic heterocycles. The average Bonchev–Trinajstić information content (AvgIpc) is 3.15. The highest BCUT2D eigenvalue weighted by molar-refractivity contribution is 7.99. The summed E-state index contributed by atoms with van der Waals surface area (Å²) in [7, 11) is 1.94. The van der Waals surface area contributed by atoms with Crippen molar-refractivity contribution in [2.24, 2.45) is 12.0 Å². The summed E-state index contributed by atoms with van der Waals surface area (Å²) in [5, 5.41) is 5.03. The van der Waals surface area contributed by atoms with Gasteiger partial charge < -0.3 is 9.88 Å². The van der Waals surface area contributed by atoms with Gasteiger partial charge in [0.15, 0.2) is 5.16 Å². The van der Waals surface area contributed by atoms with Crippen molar-refractivity contribution in [1.29, 1.82) is 0 Å². The minimum Gasteiger partial charge on any atom is -0.329 e. The number of amides is 2. The summed E-state index contributed by atoms with van der Waals surface area (Å²) < 4.78 is 1.94. The van der Waals surface area contributed by atoms with Crippen LogP contribution in [0.15, 0.2) is 76.0 Å². The Labute approximate surface area is 178 Å². The molecule has 30 heavy (non-hydrogen) atoms. The molecule has 0 unspecified atom stereocenters. The summed E-state index contributed by atoms with van der Waals surface area (Å²) in [6, 6.07) is 14.9. The monoisotopic (exact) mass is 420 g/mol. The van der Waals surface area contributed by atoms with Crippen LogP contribution in [0.2, 0.25) is 0 Å². The van der Waals surface area contributed by atoms with Crippen LogP contribution >= 0.6 is 11.8 Å². The normalized spacial score (nSPS) is 13.6. The molecule has 0 saturated heterocycles. The van der Waals surface area contributed by atoms with Crippen molar-refractivity contribution in [3.05, 3.63) is 66.5 Å². The molecule has 4 rings (SSSR count). The first-order chi connectivity index (χ1) is 14.5. The number of anilines is 2. The minimum atomic E-state index is -0.413. The Balaban J connectivity index is 1.41. The van der Waals surface area contributed by atoms with Crippen molar-refractivity contribution < 1.29 is 9.59 Å². The van der Waals surface area contributed by atoms with Gasteiger partial charge in [0.25, 0.3) is 11.8 Å². The molecule has 9 heteroatoms. The van der Waals surface area contributed by atoms with E-state index in [1.807, 2.05) is 73.3 Å². The molecular formula is C21H20N6O2S. The van der Waals surface area contributed by atoms with E-state index in [9.17, 15) is 9.59 Å². The van der Waals surface area contributed by atoms with Crippen molar-refractivity contribution in [1.82, 2.24) is 15.0 Å². The number of carbonyl (C=O) groups excluding carboxylic acids is 2. The largest absolute Gasteiger partial charge is 0.329 e. The minimum absolute atomic E-state index is 0.0848. The van der Waals surface area contributed by atoms with E-state index in [0.29, 0.717) is 11.4 Å². The Morgan fingerprint density at radius 3 is 2.53 bits per heavy atom. The maximum atomic E-state index is 12.6. The number of hydrogen-bond acceptors (Lipinski definition) is 6. The lowest BCUT2D eigenvalue weighted by Gasteiger charge is -2.27. The van der Waals surface area contributed by atoms with Crippen LogP contribution in [-0.2, 0) is 16.6 Å². The third kappa shape index (κ3) is 4.36. The van der Waals surface area contributed by atoms with Crippen molar-refractivity contribution in [3.8, 4) is 0 Å². The highest BCUT2D eigenvalue weighted by Gasteiger charge is 2.25. The Kier molecular flexibility index (Phi) is 5.53. The third-order valence-corrected chi connectivity index (χ3v) is 5.53. The van der Waals surface area contributed by atoms with Gasteiger partial charge in [-0.15, -0.1) is 0 Å². The Morgan fingerprint density at radius 1 is 1.13 bits per heavy atom. The maximum Gasteiger partial charge on any atom is 0.292 e. The van der Waals surface area contributed by atoms with Crippen molar-refractivity contribution in [3.63, 3.8) is 0 Å². The van der Waals surface area contributed by atoms with Gasteiger partial charge in [-0.25, -0.2) is 9.99 Å². The first-order valence-electron chi connectivity index (χ1n) is 9.27. The van der Waals surface area contributed by atoms with Crippen molar-refractivity contribution in [2.45, 2.75) is 17.0 Å². The molecule has 1 aliphatic heterocycles. The highest BCUT2D eigenvalue weighted by atomic mass is 32.2. The summed E-state index contributed by atoms with van der Waals surface area (Å²) >= 11 is 1.53. The molecule has 8 nitrogen and oxygen atoms in total. The zero-order chi connectivity index (χ0) is 21.1. The van der Waals surface area contributed by atoms with E-state index < -0.39 is 5.91 Å². The molecule has 0 spiro atoms. The van der Waals surface area contributed by atoms with E-state index in [0.717, 1.165) is 15.6 Å². The van der Waals surface area contributed by atoms with Gasteiger partial charge in [0, 0.05) is 30.0 Å². The summed E-state index contributed by atoms with van der Waals surface area (Å²) in [6.45, 7) is 1.87. The molecule has 0 aliphatic carbocycles. The van der Waals surface area contributed by atoms with E-state index in [2.05, 4.69) is 20.7 Å². The molecule has 0 bridgehead atoms. The average molecular weight is 420 g/mol. The predicted molar refractivity (Wildman–Crippen MR) is 117 cm³/mol. The van der Waals surface area contributed by atoms with Crippen molar-refractivity contribution >= 4 is 40.8 Å². The van der Waals surface area contributed by atoms with E-state index in [-0.39, 0.29) is 18.3 Å². The highest BCUT2D eigenvalue weighted by Crippen LogP contribution is 2.26. The SMILES string of the molecule is Cc1ccc(N2NC(C(=O)Nc3ccc(Sc4nccn4C)cc3)=NCC2=O)cc1. The fraction of sp³-hybridized carbons (Fsp3) is 0.143. The summed E-state index contributed by atoms with van der Waals surface area (Å²) in [5.41, 5.74) is 5.18. The number of rotatable bonds is 5. The molecule has 0 fully saturated rings. The van der Waals surface area contributed by atoms with E-state index in [1.165, 1.54) is 16.8 Å². The van der Waals surface area contributed by atoms with Crippen LogP contribution in [0.25, 0.3) is 0 Å². The number of hydrogen-bond donors (Lipinski definition) is 2. The van der Waals surface area contributed by atoms with Crippen LogP contribution in [0.1, 0.15) is 5.56 Å². The van der Waals surface area contributed by atoms with Gasteiger partial charge in [0.05, 0.1) is 5.69 Å². The molecule has 2 heterocycles. The Hall–Kier alpha value is -3.59. The zero-order valence-corrected chi connectivity index (χ0v) is 17.3. The molecule has 0 atom stereocenters. The number of aromatic nitrogens is 2. The van der Waals surface area contributed by atoms with Crippen LogP contribution in [0, 0.1) is 6.92 Å². The molecule has 152 valence electrons. The number of nitrogens with zero attached hydrogens (tertiary/aromatic N) is 4. The molecule has 0 radical (unpaired) electrons. The summed E-state index contributed by atoms with van der Waals surface area (Å²) in [6.07, 6.45) is 3.64. The molecule has 2 aromatic carbocycles. The molecule has 2 N–H and O–H groups in total. The summed E-state index contributed by atoms with van der Waals surface area (Å²) in [4.78, 5) is 34.2. The molecule has 1 aliphatic rings. The Bertz CT molecular complexity index is 1110. The zero-order valence-electron chi connectivity index (χ0n) is 16.5. The smallest absolute Gasteiger partial charge is 0.292 e. The number of nitrogens with one attached hydrogen (secondary N) is 2. The first-order valence-corrected chi connectivity index (χ1v) is 10.1. The van der Waals surface area contributed by atoms with Gasteiger partial charge in [-0.2, -0.15) is 0 Å². The van der Waals surface area contributed by atoms with E-state index >= 15 is 0 Å². The standard InChI is InChI=1S/C21H20N6O2S/c1-14-3-7-16(8-4-14)27-18(28)13-23-19(25-27)20(29)24-15-5-9-17(10-6-15)30-21-22-11-12-26(21)2/h3-12H,13H2,1-2H3,(H,23,25)(H,24,29). The molecule has 2 amide bonds. The second kappa shape index (κ2) is 8.42. The van der Waals surface area contributed by atoms with Gasteiger partial charge in [-0.1, -0.05) is 29.5 Å². The maximum absolute atomic E-state index is 12.6. The van der Waals surface area contributed by atoms with Crippen LogP contribution in [0.4, 0.5) is 11.4 Å². The molecule has 0 saturated carbocycles.